The first-order valence-corrected chi connectivity index (χ1v) is 4.61. The predicted octanol–water partition coefficient (Wildman–Crippen LogP) is 1.80. The monoisotopic (exact) mass is 183 g/mol. The highest BCUT2D eigenvalue weighted by molar-refractivity contribution is 6.17. The molecule has 0 saturated carbocycles. The maximum Gasteiger partial charge on any atom is 0.216 e. The number of nitrogens with zero attached hydrogens (tertiary/aromatic N) is 1. The van der Waals surface area contributed by atoms with E-state index < -0.39 is 0 Å². The Morgan fingerprint density at radius 3 is 3.25 bits per heavy atom. The third kappa shape index (κ3) is 1.39. The number of fused-ring (bicyclic) bond motifs is 1. The summed E-state index contributed by atoms with van der Waals surface area (Å²) in [7, 11) is 0. The second kappa shape index (κ2) is 3.31. The van der Waals surface area contributed by atoms with Crippen molar-refractivity contribution in [2.45, 2.75) is 12.8 Å². The molecule has 1 aromatic rings. The second-order valence-corrected chi connectivity index (χ2v) is 3.18. The number of rotatable bonds is 2. The number of aromatic nitrogens is 1. The molecule has 0 spiro atoms. The van der Waals surface area contributed by atoms with Crippen molar-refractivity contribution in [2.75, 3.05) is 12.5 Å². The molecule has 0 saturated heterocycles. The largest absolute Gasteiger partial charge is 0.477 e. The topological polar surface area (TPSA) is 22.1 Å². The minimum Gasteiger partial charge on any atom is -0.477 e. The van der Waals surface area contributed by atoms with Gasteiger partial charge in [-0.3, -0.25) is 0 Å². The van der Waals surface area contributed by atoms with Gasteiger partial charge in [-0.1, -0.05) is 6.07 Å². The lowest BCUT2D eigenvalue weighted by Crippen LogP contribution is -1.93. The van der Waals surface area contributed by atoms with E-state index in [1.54, 1.807) is 0 Å². The molecule has 0 amide bonds. The molecule has 0 bridgehead atoms. The summed E-state index contributed by atoms with van der Waals surface area (Å²) in [5, 5.41) is 0. The summed E-state index contributed by atoms with van der Waals surface area (Å²) in [5.74, 6) is 1.42. The van der Waals surface area contributed by atoms with E-state index in [0.29, 0.717) is 5.88 Å². The van der Waals surface area contributed by atoms with Crippen LogP contribution in [0.2, 0.25) is 0 Å². The van der Waals surface area contributed by atoms with Gasteiger partial charge in [-0.05, 0) is 6.07 Å². The minimum absolute atomic E-state index is 0.617. The maximum atomic E-state index is 5.61. The summed E-state index contributed by atoms with van der Waals surface area (Å²) < 4.78 is 5.33. The van der Waals surface area contributed by atoms with Crippen LogP contribution in [0.1, 0.15) is 11.3 Å². The predicted molar refractivity (Wildman–Crippen MR) is 47.9 cm³/mol. The molecule has 1 aliphatic heterocycles. The first-order chi connectivity index (χ1) is 5.90. The lowest BCUT2D eigenvalue weighted by molar-refractivity contribution is 0.344. The zero-order chi connectivity index (χ0) is 8.39. The molecule has 3 heteroatoms. The Bertz CT molecular complexity index is 288. The molecule has 0 fully saturated rings. The fraction of sp³-hybridized carbons (Fsp3) is 0.444. The zero-order valence-corrected chi connectivity index (χ0v) is 7.47. The van der Waals surface area contributed by atoms with E-state index in [0.717, 1.165) is 31.0 Å². The van der Waals surface area contributed by atoms with Crippen LogP contribution in [0.25, 0.3) is 0 Å². The standard InChI is InChI=1S/C9H10ClNO/c10-5-3-8-2-1-7-4-6-12-9(7)11-8/h1-2H,3-6H2. The summed E-state index contributed by atoms with van der Waals surface area (Å²) in [6.45, 7) is 0.770. The zero-order valence-electron chi connectivity index (χ0n) is 6.72. The summed E-state index contributed by atoms with van der Waals surface area (Å²) >= 11 is 5.61. The molecule has 0 aromatic carbocycles. The van der Waals surface area contributed by atoms with E-state index in [1.165, 1.54) is 5.56 Å². The SMILES string of the molecule is ClCCc1ccc2c(n1)OCC2. The molecule has 2 nitrogen and oxygen atoms in total. The van der Waals surface area contributed by atoms with Gasteiger partial charge in [0.15, 0.2) is 0 Å². The third-order valence-corrected chi connectivity index (χ3v) is 2.15. The van der Waals surface area contributed by atoms with Gasteiger partial charge in [0.25, 0.3) is 0 Å². The molecule has 0 atom stereocenters. The van der Waals surface area contributed by atoms with Crippen molar-refractivity contribution < 1.29 is 4.74 Å². The van der Waals surface area contributed by atoms with E-state index in [1.807, 2.05) is 6.07 Å². The average Bonchev–Trinajstić information content (AvgIpc) is 2.51. The van der Waals surface area contributed by atoms with Crippen molar-refractivity contribution in [3.8, 4) is 5.88 Å². The molecule has 0 unspecified atom stereocenters. The number of alkyl halides is 1. The first-order valence-electron chi connectivity index (χ1n) is 4.08. The third-order valence-electron chi connectivity index (χ3n) is 1.96. The highest BCUT2D eigenvalue weighted by atomic mass is 35.5. The molecule has 2 rings (SSSR count). The van der Waals surface area contributed by atoms with Gasteiger partial charge in [0.05, 0.1) is 6.61 Å². The van der Waals surface area contributed by atoms with Crippen molar-refractivity contribution in [1.29, 1.82) is 0 Å². The lowest BCUT2D eigenvalue weighted by Gasteiger charge is -2.00. The van der Waals surface area contributed by atoms with Crippen LogP contribution in [-0.2, 0) is 12.8 Å². The molecule has 1 aliphatic rings. The van der Waals surface area contributed by atoms with Gasteiger partial charge in [0.2, 0.25) is 5.88 Å². The van der Waals surface area contributed by atoms with Crippen molar-refractivity contribution in [3.63, 3.8) is 0 Å². The van der Waals surface area contributed by atoms with Gasteiger partial charge in [0, 0.05) is 30.0 Å². The Kier molecular flexibility index (Phi) is 2.17. The summed E-state index contributed by atoms with van der Waals surface area (Å²) in [6, 6.07) is 4.10. The van der Waals surface area contributed by atoms with Crippen LogP contribution in [0.3, 0.4) is 0 Å². The Labute approximate surface area is 76.5 Å². The number of halogens is 1. The molecule has 0 radical (unpaired) electrons. The van der Waals surface area contributed by atoms with Crippen molar-refractivity contribution in [3.05, 3.63) is 23.4 Å². The van der Waals surface area contributed by atoms with E-state index in [9.17, 15) is 0 Å². The summed E-state index contributed by atoms with van der Waals surface area (Å²) in [5.41, 5.74) is 2.24. The highest BCUT2D eigenvalue weighted by Gasteiger charge is 2.13. The van der Waals surface area contributed by atoms with Crippen molar-refractivity contribution >= 4 is 11.6 Å². The van der Waals surface area contributed by atoms with Gasteiger partial charge < -0.3 is 4.74 Å². The number of aryl methyl sites for hydroxylation is 1. The molecular formula is C9H10ClNO. The lowest BCUT2D eigenvalue weighted by atomic mass is 10.2. The van der Waals surface area contributed by atoms with Gasteiger partial charge in [0.1, 0.15) is 0 Å². The number of hydrogen-bond donors (Lipinski definition) is 0. The maximum absolute atomic E-state index is 5.61. The molecule has 0 aliphatic carbocycles. The molecule has 0 N–H and O–H groups in total. The number of ether oxygens (including phenoxy) is 1. The van der Waals surface area contributed by atoms with Crippen LogP contribution in [0, 0.1) is 0 Å². The quantitative estimate of drug-likeness (QED) is 0.653. The number of pyridine rings is 1. The van der Waals surface area contributed by atoms with Gasteiger partial charge in [-0.25, -0.2) is 4.98 Å². The summed E-state index contributed by atoms with van der Waals surface area (Å²) in [6.07, 6.45) is 1.81. The number of hydrogen-bond acceptors (Lipinski definition) is 2. The van der Waals surface area contributed by atoms with Crippen LogP contribution in [0.4, 0.5) is 0 Å². The fourth-order valence-electron chi connectivity index (χ4n) is 1.32. The van der Waals surface area contributed by atoms with E-state index in [-0.39, 0.29) is 0 Å². The van der Waals surface area contributed by atoms with Crippen LogP contribution in [0.15, 0.2) is 12.1 Å². The molecule has 12 heavy (non-hydrogen) atoms. The molecule has 2 heterocycles. The second-order valence-electron chi connectivity index (χ2n) is 2.80. The molecular weight excluding hydrogens is 174 g/mol. The van der Waals surface area contributed by atoms with Gasteiger partial charge in [-0.2, -0.15) is 0 Å². The van der Waals surface area contributed by atoms with Crippen LogP contribution in [-0.4, -0.2) is 17.5 Å². The van der Waals surface area contributed by atoms with E-state index in [4.69, 9.17) is 16.3 Å². The Morgan fingerprint density at radius 1 is 1.50 bits per heavy atom. The first kappa shape index (κ1) is 7.87. The Balaban J connectivity index is 2.26. The fourth-order valence-corrected chi connectivity index (χ4v) is 1.51. The molecule has 64 valence electrons. The highest BCUT2D eigenvalue weighted by Crippen LogP contribution is 2.22. The Hall–Kier alpha value is -0.760. The van der Waals surface area contributed by atoms with Crippen LogP contribution < -0.4 is 4.74 Å². The average molecular weight is 184 g/mol. The van der Waals surface area contributed by atoms with Gasteiger partial charge >= 0.3 is 0 Å². The van der Waals surface area contributed by atoms with E-state index in [2.05, 4.69) is 11.1 Å². The smallest absolute Gasteiger partial charge is 0.216 e. The van der Waals surface area contributed by atoms with Crippen molar-refractivity contribution in [1.82, 2.24) is 4.98 Å². The minimum atomic E-state index is 0.617. The normalized spacial score (nSPS) is 14.1. The van der Waals surface area contributed by atoms with Crippen molar-refractivity contribution in [2.24, 2.45) is 0 Å². The van der Waals surface area contributed by atoms with Crippen LogP contribution >= 0.6 is 11.6 Å². The summed E-state index contributed by atoms with van der Waals surface area (Å²) in [4.78, 5) is 4.34. The Morgan fingerprint density at radius 2 is 2.42 bits per heavy atom. The van der Waals surface area contributed by atoms with Crippen LogP contribution in [0.5, 0.6) is 5.88 Å². The molecule has 1 aromatic heterocycles. The van der Waals surface area contributed by atoms with E-state index >= 15 is 0 Å². The van der Waals surface area contributed by atoms with Gasteiger partial charge in [-0.15, -0.1) is 11.6 Å².